The standard InChI is InChI=1S/C15H15NOS/c1-10-5-2-3-6-11(10)15(17)16-13-9-12(13)14-7-4-8-18-14/h2-8,12-13H,9H2,1H3,(H,16,17). The van der Waals surface area contributed by atoms with E-state index in [9.17, 15) is 4.79 Å². The zero-order valence-electron chi connectivity index (χ0n) is 10.2. The third kappa shape index (κ3) is 2.18. The first-order chi connectivity index (χ1) is 8.75. The van der Waals surface area contributed by atoms with E-state index in [4.69, 9.17) is 0 Å². The SMILES string of the molecule is Cc1ccccc1C(=O)NC1CC1c1cccs1. The first-order valence-electron chi connectivity index (χ1n) is 6.15. The van der Waals surface area contributed by atoms with E-state index in [2.05, 4.69) is 22.8 Å². The van der Waals surface area contributed by atoms with Crippen LogP contribution in [0.1, 0.15) is 33.1 Å². The number of benzene rings is 1. The van der Waals surface area contributed by atoms with Crippen LogP contribution in [0.25, 0.3) is 0 Å². The monoisotopic (exact) mass is 257 g/mol. The number of hydrogen-bond acceptors (Lipinski definition) is 2. The average Bonchev–Trinajstić information content (AvgIpc) is 2.91. The average molecular weight is 257 g/mol. The van der Waals surface area contributed by atoms with Crippen molar-refractivity contribution in [1.82, 2.24) is 5.32 Å². The molecule has 0 aliphatic heterocycles. The minimum Gasteiger partial charge on any atom is -0.349 e. The van der Waals surface area contributed by atoms with Crippen LogP contribution in [0.3, 0.4) is 0 Å². The van der Waals surface area contributed by atoms with Crippen molar-refractivity contribution in [2.45, 2.75) is 25.3 Å². The molecule has 3 heteroatoms. The second kappa shape index (κ2) is 4.58. The molecule has 92 valence electrons. The lowest BCUT2D eigenvalue weighted by molar-refractivity contribution is 0.0949. The van der Waals surface area contributed by atoms with Crippen molar-refractivity contribution in [2.75, 3.05) is 0 Å². The van der Waals surface area contributed by atoms with Crippen LogP contribution < -0.4 is 5.32 Å². The fourth-order valence-electron chi connectivity index (χ4n) is 2.25. The minimum absolute atomic E-state index is 0.0529. The number of thiophene rings is 1. The van der Waals surface area contributed by atoms with E-state index in [1.165, 1.54) is 4.88 Å². The van der Waals surface area contributed by atoms with Gasteiger partial charge in [-0.25, -0.2) is 0 Å². The molecule has 1 heterocycles. The van der Waals surface area contributed by atoms with Crippen LogP contribution in [-0.2, 0) is 0 Å². The summed E-state index contributed by atoms with van der Waals surface area (Å²) in [5.74, 6) is 0.579. The Kier molecular flexibility index (Phi) is 2.92. The van der Waals surface area contributed by atoms with Crippen LogP contribution in [0.15, 0.2) is 41.8 Å². The van der Waals surface area contributed by atoms with Gasteiger partial charge in [0, 0.05) is 22.4 Å². The van der Waals surface area contributed by atoms with Crippen molar-refractivity contribution in [3.8, 4) is 0 Å². The number of rotatable bonds is 3. The second-order valence-corrected chi connectivity index (χ2v) is 5.73. The second-order valence-electron chi connectivity index (χ2n) is 4.75. The Hall–Kier alpha value is -1.61. The molecule has 1 fully saturated rings. The van der Waals surface area contributed by atoms with Crippen molar-refractivity contribution in [3.63, 3.8) is 0 Å². The Morgan fingerprint density at radius 2 is 2.11 bits per heavy atom. The maximum atomic E-state index is 12.1. The van der Waals surface area contributed by atoms with Crippen LogP contribution in [0.2, 0.25) is 0 Å². The summed E-state index contributed by atoms with van der Waals surface area (Å²) < 4.78 is 0. The van der Waals surface area contributed by atoms with E-state index >= 15 is 0 Å². The van der Waals surface area contributed by atoms with Gasteiger partial charge in [-0.05, 0) is 36.4 Å². The molecule has 2 nitrogen and oxygen atoms in total. The predicted octanol–water partition coefficient (Wildman–Crippen LogP) is 3.34. The summed E-state index contributed by atoms with van der Waals surface area (Å²) in [6.45, 7) is 1.97. The third-order valence-corrected chi connectivity index (χ3v) is 4.41. The van der Waals surface area contributed by atoms with E-state index < -0.39 is 0 Å². The van der Waals surface area contributed by atoms with Gasteiger partial charge in [0.15, 0.2) is 0 Å². The molecular weight excluding hydrogens is 242 g/mol. The van der Waals surface area contributed by atoms with Gasteiger partial charge in [0.25, 0.3) is 5.91 Å². The van der Waals surface area contributed by atoms with Crippen LogP contribution in [0.5, 0.6) is 0 Å². The number of amides is 1. The highest BCUT2D eigenvalue weighted by molar-refractivity contribution is 7.10. The summed E-state index contributed by atoms with van der Waals surface area (Å²) in [6.07, 6.45) is 1.07. The Morgan fingerprint density at radius 1 is 1.28 bits per heavy atom. The summed E-state index contributed by atoms with van der Waals surface area (Å²) in [5.41, 5.74) is 1.82. The quantitative estimate of drug-likeness (QED) is 0.897. The van der Waals surface area contributed by atoms with Crippen molar-refractivity contribution >= 4 is 17.2 Å². The van der Waals surface area contributed by atoms with Crippen LogP contribution in [0.4, 0.5) is 0 Å². The van der Waals surface area contributed by atoms with E-state index in [0.29, 0.717) is 12.0 Å². The van der Waals surface area contributed by atoms with Gasteiger partial charge in [-0.1, -0.05) is 24.3 Å². The Labute approximate surface area is 111 Å². The molecule has 0 radical (unpaired) electrons. The highest BCUT2D eigenvalue weighted by atomic mass is 32.1. The first-order valence-corrected chi connectivity index (χ1v) is 7.03. The largest absolute Gasteiger partial charge is 0.349 e. The number of aryl methyl sites for hydroxylation is 1. The van der Waals surface area contributed by atoms with E-state index in [-0.39, 0.29) is 5.91 Å². The smallest absolute Gasteiger partial charge is 0.251 e. The van der Waals surface area contributed by atoms with Crippen molar-refractivity contribution in [1.29, 1.82) is 0 Å². The molecule has 1 aromatic heterocycles. The number of nitrogens with one attached hydrogen (secondary N) is 1. The molecule has 3 rings (SSSR count). The van der Waals surface area contributed by atoms with E-state index in [0.717, 1.165) is 17.5 Å². The van der Waals surface area contributed by atoms with Gasteiger partial charge in [0.2, 0.25) is 0 Å². The molecule has 1 amide bonds. The lowest BCUT2D eigenvalue weighted by Gasteiger charge is -2.06. The molecule has 18 heavy (non-hydrogen) atoms. The van der Waals surface area contributed by atoms with Gasteiger partial charge >= 0.3 is 0 Å². The third-order valence-electron chi connectivity index (χ3n) is 3.41. The number of carbonyl (C=O) groups is 1. The van der Waals surface area contributed by atoms with Crippen molar-refractivity contribution < 1.29 is 4.79 Å². The highest BCUT2D eigenvalue weighted by Gasteiger charge is 2.40. The normalized spacial score (nSPS) is 21.6. The lowest BCUT2D eigenvalue weighted by Crippen LogP contribution is -2.27. The Bertz CT molecular complexity index is 562. The molecule has 2 unspecified atom stereocenters. The summed E-state index contributed by atoms with van der Waals surface area (Å²) in [7, 11) is 0. The summed E-state index contributed by atoms with van der Waals surface area (Å²) in [6, 6.07) is 12.2. The highest BCUT2D eigenvalue weighted by Crippen LogP contribution is 2.42. The minimum atomic E-state index is 0.0529. The zero-order valence-corrected chi connectivity index (χ0v) is 11.0. The van der Waals surface area contributed by atoms with Crippen molar-refractivity contribution in [2.24, 2.45) is 0 Å². The van der Waals surface area contributed by atoms with E-state index in [1.807, 2.05) is 31.2 Å². The maximum Gasteiger partial charge on any atom is 0.251 e. The molecular formula is C15H15NOS. The first kappa shape index (κ1) is 11.5. The molecule has 1 aliphatic carbocycles. The zero-order chi connectivity index (χ0) is 12.5. The Balaban J connectivity index is 1.65. The Morgan fingerprint density at radius 3 is 2.83 bits per heavy atom. The molecule has 0 spiro atoms. The fourth-order valence-corrected chi connectivity index (χ4v) is 3.15. The molecule has 0 saturated heterocycles. The number of hydrogen-bond donors (Lipinski definition) is 1. The maximum absolute atomic E-state index is 12.1. The molecule has 1 aromatic carbocycles. The van der Waals surface area contributed by atoms with Gasteiger partial charge < -0.3 is 5.32 Å². The lowest BCUT2D eigenvalue weighted by atomic mass is 10.1. The molecule has 1 aliphatic rings. The van der Waals surface area contributed by atoms with Gasteiger partial charge in [0.05, 0.1) is 0 Å². The van der Waals surface area contributed by atoms with Crippen LogP contribution in [0, 0.1) is 6.92 Å². The number of carbonyl (C=O) groups excluding carboxylic acids is 1. The summed E-state index contributed by atoms with van der Waals surface area (Å²) >= 11 is 1.77. The summed E-state index contributed by atoms with van der Waals surface area (Å²) in [5, 5.41) is 5.21. The molecule has 2 aromatic rings. The fraction of sp³-hybridized carbons (Fsp3) is 0.267. The van der Waals surface area contributed by atoms with Crippen LogP contribution in [-0.4, -0.2) is 11.9 Å². The van der Waals surface area contributed by atoms with Crippen LogP contribution >= 0.6 is 11.3 Å². The van der Waals surface area contributed by atoms with Crippen molar-refractivity contribution in [3.05, 3.63) is 57.8 Å². The van der Waals surface area contributed by atoms with E-state index in [1.54, 1.807) is 11.3 Å². The molecule has 1 saturated carbocycles. The van der Waals surface area contributed by atoms with Gasteiger partial charge in [-0.2, -0.15) is 0 Å². The van der Waals surface area contributed by atoms with Gasteiger partial charge in [0.1, 0.15) is 0 Å². The predicted molar refractivity (Wildman–Crippen MR) is 74.1 cm³/mol. The van der Waals surface area contributed by atoms with Gasteiger partial charge in [-0.3, -0.25) is 4.79 Å². The molecule has 1 N–H and O–H groups in total. The molecule has 0 bridgehead atoms. The topological polar surface area (TPSA) is 29.1 Å². The molecule has 2 atom stereocenters. The van der Waals surface area contributed by atoms with Gasteiger partial charge in [-0.15, -0.1) is 11.3 Å². The summed E-state index contributed by atoms with van der Waals surface area (Å²) in [4.78, 5) is 13.5.